The molecule has 0 aromatic heterocycles. The van der Waals surface area contributed by atoms with E-state index in [4.69, 9.17) is 0 Å². The van der Waals surface area contributed by atoms with E-state index >= 15 is 0 Å². The summed E-state index contributed by atoms with van der Waals surface area (Å²) in [5.41, 5.74) is 2.63. The van der Waals surface area contributed by atoms with E-state index in [1.807, 2.05) is 38.1 Å². The number of rotatable bonds is 5. The fourth-order valence-corrected chi connectivity index (χ4v) is 2.08. The van der Waals surface area contributed by atoms with E-state index in [-0.39, 0.29) is 11.7 Å². The molecule has 1 N–H and O–H groups in total. The monoisotopic (exact) mass is 288 g/mol. The topological polar surface area (TPSA) is 55.2 Å². The van der Waals surface area contributed by atoms with Gasteiger partial charge in [-0.2, -0.15) is 0 Å². The molecule has 2 rings (SSSR count). The van der Waals surface area contributed by atoms with Crippen LogP contribution in [0.3, 0.4) is 0 Å². The maximum absolute atomic E-state index is 13.3. The Balaban J connectivity index is 2.05. The van der Waals surface area contributed by atoms with Gasteiger partial charge in [-0.15, -0.1) is 0 Å². The van der Waals surface area contributed by atoms with Crippen molar-refractivity contribution in [3.63, 3.8) is 0 Å². The second-order valence-corrected chi connectivity index (χ2v) is 5.09. The van der Waals surface area contributed by atoms with Gasteiger partial charge in [-0.25, -0.2) is 4.39 Å². The van der Waals surface area contributed by atoms with Crippen molar-refractivity contribution < 1.29 is 9.31 Å². The first kappa shape index (κ1) is 15.1. The second-order valence-electron chi connectivity index (χ2n) is 5.09. The van der Waals surface area contributed by atoms with E-state index in [0.717, 1.165) is 11.6 Å². The Kier molecular flexibility index (Phi) is 4.65. The number of nitrogens with one attached hydrogen (secondary N) is 1. The fraction of sp³-hybridized carbons (Fsp3) is 0.250. The van der Waals surface area contributed by atoms with Crippen molar-refractivity contribution in [2.75, 3.05) is 0 Å². The number of nitro benzene ring substituents is 1. The van der Waals surface area contributed by atoms with Crippen LogP contribution >= 0.6 is 0 Å². The molecule has 0 unspecified atom stereocenters. The summed E-state index contributed by atoms with van der Waals surface area (Å²) in [5.74, 6) is -0.594. The van der Waals surface area contributed by atoms with E-state index in [0.29, 0.717) is 12.1 Å². The fourth-order valence-electron chi connectivity index (χ4n) is 2.08. The van der Waals surface area contributed by atoms with Crippen LogP contribution in [0, 0.1) is 22.9 Å². The molecule has 0 saturated carbocycles. The minimum atomic E-state index is -0.594. The van der Waals surface area contributed by atoms with Crippen LogP contribution in [0.15, 0.2) is 42.5 Å². The third-order valence-electron chi connectivity index (χ3n) is 3.34. The summed E-state index contributed by atoms with van der Waals surface area (Å²) < 4.78 is 13.3. The molecule has 0 heterocycles. The molecule has 0 spiro atoms. The maximum atomic E-state index is 13.3. The molecular formula is C16H17FN2O2. The van der Waals surface area contributed by atoms with Gasteiger partial charge in [0.25, 0.3) is 5.69 Å². The predicted octanol–water partition coefficient (Wildman–Crippen LogP) is 3.89. The normalized spacial score (nSPS) is 12.1. The first-order chi connectivity index (χ1) is 9.95. The molecule has 110 valence electrons. The Labute approximate surface area is 122 Å². The number of non-ortho nitro benzene ring substituents is 1. The Morgan fingerprint density at radius 1 is 1.24 bits per heavy atom. The van der Waals surface area contributed by atoms with Gasteiger partial charge in [0.2, 0.25) is 0 Å². The molecule has 0 aliphatic carbocycles. The van der Waals surface area contributed by atoms with Gasteiger partial charge >= 0.3 is 0 Å². The third kappa shape index (κ3) is 4.10. The highest BCUT2D eigenvalue weighted by molar-refractivity contribution is 5.35. The molecule has 0 aliphatic rings. The molecule has 0 fully saturated rings. The number of benzene rings is 2. The van der Waals surface area contributed by atoms with Crippen LogP contribution in [-0.4, -0.2) is 4.92 Å². The quantitative estimate of drug-likeness (QED) is 0.670. The smallest absolute Gasteiger partial charge is 0.272 e. The molecule has 0 saturated heterocycles. The third-order valence-corrected chi connectivity index (χ3v) is 3.34. The van der Waals surface area contributed by atoms with E-state index in [1.165, 1.54) is 17.7 Å². The largest absolute Gasteiger partial charge is 0.306 e. The molecule has 1 atom stereocenters. The van der Waals surface area contributed by atoms with Gasteiger partial charge < -0.3 is 5.32 Å². The highest BCUT2D eigenvalue weighted by Crippen LogP contribution is 2.18. The molecule has 21 heavy (non-hydrogen) atoms. The van der Waals surface area contributed by atoms with Gasteiger partial charge in [-0.1, -0.05) is 29.8 Å². The number of hydrogen-bond acceptors (Lipinski definition) is 3. The van der Waals surface area contributed by atoms with E-state index in [2.05, 4.69) is 5.32 Å². The van der Waals surface area contributed by atoms with Crippen molar-refractivity contribution in [2.24, 2.45) is 0 Å². The predicted molar refractivity (Wildman–Crippen MR) is 79.5 cm³/mol. The molecule has 2 aromatic rings. The van der Waals surface area contributed by atoms with Crippen molar-refractivity contribution in [1.29, 1.82) is 0 Å². The Morgan fingerprint density at radius 2 is 1.90 bits per heavy atom. The molecule has 4 nitrogen and oxygen atoms in total. The molecule has 0 radical (unpaired) electrons. The summed E-state index contributed by atoms with van der Waals surface area (Å²) >= 11 is 0. The van der Waals surface area contributed by atoms with E-state index in [1.54, 1.807) is 0 Å². The number of nitro groups is 1. The van der Waals surface area contributed by atoms with Crippen LogP contribution < -0.4 is 5.32 Å². The number of hydrogen-bond donors (Lipinski definition) is 1. The number of aryl methyl sites for hydroxylation is 1. The van der Waals surface area contributed by atoms with Gasteiger partial charge in [0, 0.05) is 18.7 Å². The second kappa shape index (κ2) is 6.45. The minimum Gasteiger partial charge on any atom is -0.306 e. The Bertz CT molecular complexity index is 641. The summed E-state index contributed by atoms with van der Waals surface area (Å²) in [7, 11) is 0. The van der Waals surface area contributed by atoms with Crippen LogP contribution in [0.5, 0.6) is 0 Å². The van der Waals surface area contributed by atoms with Crippen molar-refractivity contribution in [3.05, 3.63) is 75.1 Å². The van der Waals surface area contributed by atoms with Crippen molar-refractivity contribution in [1.82, 2.24) is 5.32 Å². The van der Waals surface area contributed by atoms with E-state index in [9.17, 15) is 14.5 Å². The molecule has 0 bridgehead atoms. The number of halogens is 1. The van der Waals surface area contributed by atoms with Crippen molar-refractivity contribution in [2.45, 2.75) is 26.4 Å². The summed E-state index contributed by atoms with van der Waals surface area (Å²) in [6, 6.07) is 11.8. The maximum Gasteiger partial charge on any atom is 0.272 e. The molecule has 0 aliphatic heterocycles. The molecule has 0 amide bonds. The lowest BCUT2D eigenvalue weighted by atomic mass is 10.1. The van der Waals surface area contributed by atoms with Crippen LogP contribution in [0.2, 0.25) is 0 Å². The minimum absolute atomic E-state index is 0.0768. The van der Waals surface area contributed by atoms with Crippen LogP contribution in [0.25, 0.3) is 0 Å². The average Bonchev–Trinajstić information content (AvgIpc) is 2.45. The van der Waals surface area contributed by atoms with Gasteiger partial charge in [0.1, 0.15) is 5.82 Å². The van der Waals surface area contributed by atoms with Crippen LogP contribution in [0.1, 0.15) is 29.7 Å². The SMILES string of the molecule is Cc1ccc([C@@H](C)NCc2cc(F)cc([N+](=O)[O-])c2)cc1. The van der Waals surface area contributed by atoms with Crippen LogP contribution in [0.4, 0.5) is 10.1 Å². The average molecular weight is 288 g/mol. The lowest BCUT2D eigenvalue weighted by Crippen LogP contribution is -2.18. The van der Waals surface area contributed by atoms with Crippen molar-refractivity contribution in [3.8, 4) is 0 Å². The Morgan fingerprint density at radius 3 is 2.52 bits per heavy atom. The van der Waals surface area contributed by atoms with Gasteiger partial charge in [-0.05, 0) is 31.0 Å². The zero-order chi connectivity index (χ0) is 15.4. The first-order valence-corrected chi connectivity index (χ1v) is 6.69. The zero-order valence-corrected chi connectivity index (χ0v) is 12.0. The number of nitrogens with zero attached hydrogens (tertiary/aromatic N) is 1. The standard InChI is InChI=1S/C16H17FN2O2/c1-11-3-5-14(6-4-11)12(2)18-10-13-7-15(17)9-16(8-13)19(20)21/h3-9,12,18H,10H2,1-2H3/t12-/m1/s1. The Hall–Kier alpha value is -2.27. The lowest BCUT2D eigenvalue weighted by Gasteiger charge is -2.14. The first-order valence-electron chi connectivity index (χ1n) is 6.69. The van der Waals surface area contributed by atoms with E-state index < -0.39 is 10.7 Å². The molecule has 5 heteroatoms. The van der Waals surface area contributed by atoms with Gasteiger partial charge in [0.15, 0.2) is 0 Å². The van der Waals surface area contributed by atoms with Gasteiger partial charge in [0.05, 0.1) is 11.0 Å². The summed E-state index contributed by atoms with van der Waals surface area (Å²) in [6.45, 7) is 4.39. The van der Waals surface area contributed by atoms with Crippen LogP contribution in [-0.2, 0) is 6.54 Å². The molecule has 2 aromatic carbocycles. The van der Waals surface area contributed by atoms with Crippen molar-refractivity contribution >= 4 is 5.69 Å². The summed E-state index contributed by atoms with van der Waals surface area (Å²) in [6.07, 6.45) is 0. The van der Waals surface area contributed by atoms with Gasteiger partial charge in [-0.3, -0.25) is 10.1 Å². The summed E-state index contributed by atoms with van der Waals surface area (Å²) in [5, 5.41) is 14.0. The highest BCUT2D eigenvalue weighted by Gasteiger charge is 2.11. The lowest BCUT2D eigenvalue weighted by molar-refractivity contribution is -0.385. The molecular weight excluding hydrogens is 271 g/mol. The zero-order valence-electron chi connectivity index (χ0n) is 12.0. The summed E-state index contributed by atoms with van der Waals surface area (Å²) in [4.78, 5) is 10.1. The highest BCUT2D eigenvalue weighted by atomic mass is 19.1.